The minimum absolute atomic E-state index is 0.188. The quantitative estimate of drug-likeness (QED) is 0.865. The molecule has 0 unspecified atom stereocenters. The summed E-state index contributed by atoms with van der Waals surface area (Å²) in [4.78, 5) is 43.5. The Hall–Kier alpha value is -3.35. The number of benzene rings is 2. The number of hydrogen-bond acceptors (Lipinski definition) is 4. The predicted molar refractivity (Wildman–Crippen MR) is 110 cm³/mol. The second kappa shape index (κ2) is 7.58. The molecule has 2 saturated heterocycles. The van der Waals surface area contributed by atoms with Gasteiger partial charge in [-0.2, -0.15) is 0 Å². The first kappa shape index (κ1) is 19.0. The van der Waals surface area contributed by atoms with Gasteiger partial charge in [0.05, 0.1) is 12.6 Å². The van der Waals surface area contributed by atoms with Crippen LogP contribution < -0.4 is 10.2 Å². The van der Waals surface area contributed by atoms with Crippen LogP contribution in [0.15, 0.2) is 54.6 Å². The van der Waals surface area contributed by atoms with Crippen molar-refractivity contribution in [2.24, 2.45) is 0 Å². The van der Waals surface area contributed by atoms with Gasteiger partial charge >= 0.3 is 6.03 Å². The molecule has 2 aromatic carbocycles. The molecule has 2 fully saturated rings. The van der Waals surface area contributed by atoms with Gasteiger partial charge in [0.2, 0.25) is 0 Å². The van der Waals surface area contributed by atoms with Gasteiger partial charge in [-0.1, -0.05) is 30.3 Å². The second-order valence-electron chi connectivity index (χ2n) is 7.64. The van der Waals surface area contributed by atoms with E-state index in [9.17, 15) is 14.4 Å². The predicted octanol–water partition coefficient (Wildman–Crippen LogP) is 2.09. The number of imide groups is 1. The fourth-order valence-electron chi connectivity index (χ4n) is 3.96. The van der Waals surface area contributed by atoms with Gasteiger partial charge in [-0.15, -0.1) is 0 Å². The summed E-state index contributed by atoms with van der Waals surface area (Å²) in [6.07, 6.45) is 0.572. The summed E-state index contributed by atoms with van der Waals surface area (Å²) < 4.78 is 0. The van der Waals surface area contributed by atoms with Crippen molar-refractivity contribution >= 4 is 23.5 Å². The SMILES string of the molecule is CN(C)c1ccc(C(=O)N2CC[C@H]3NC(=O)N(Cc4ccccc4)C(=O)[C@H]32)cc1. The molecule has 0 bridgehead atoms. The normalized spacial score (nSPS) is 21.0. The standard InChI is InChI=1S/C22H24N4O3/c1-24(2)17-10-8-16(9-11-17)20(27)25-13-12-18-19(25)21(28)26(22(29)23-18)14-15-6-4-3-5-7-15/h3-11,18-19H,12-14H2,1-2H3,(H,23,29)/t18-,19+/m1/s1. The first-order valence-electron chi connectivity index (χ1n) is 9.70. The first-order chi connectivity index (χ1) is 14.0. The van der Waals surface area contributed by atoms with E-state index in [1.807, 2.05) is 61.5 Å². The van der Waals surface area contributed by atoms with Crippen LogP contribution in [0.3, 0.4) is 0 Å². The van der Waals surface area contributed by atoms with Gasteiger partial charge in [0.1, 0.15) is 6.04 Å². The van der Waals surface area contributed by atoms with Crippen molar-refractivity contribution in [3.63, 3.8) is 0 Å². The van der Waals surface area contributed by atoms with Crippen molar-refractivity contribution in [3.05, 3.63) is 65.7 Å². The molecule has 0 spiro atoms. The van der Waals surface area contributed by atoms with Gasteiger partial charge in [-0.3, -0.25) is 14.5 Å². The van der Waals surface area contributed by atoms with E-state index in [-0.39, 0.29) is 24.4 Å². The highest BCUT2D eigenvalue weighted by Gasteiger charge is 2.49. The van der Waals surface area contributed by atoms with Crippen LogP contribution in [0.4, 0.5) is 10.5 Å². The highest BCUT2D eigenvalue weighted by atomic mass is 16.2. The number of carbonyl (C=O) groups is 3. The third-order valence-corrected chi connectivity index (χ3v) is 5.55. The Labute approximate surface area is 169 Å². The number of hydrogen-bond donors (Lipinski definition) is 1. The Morgan fingerprint density at radius 3 is 2.41 bits per heavy atom. The van der Waals surface area contributed by atoms with Crippen molar-refractivity contribution in [3.8, 4) is 0 Å². The van der Waals surface area contributed by atoms with E-state index in [4.69, 9.17) is 0 Å². The molecule has 2 aromatic rings. The van der Waals surface area contributed by atoms with Crippen molar-refractivity contribution in [2.75, 3.05) is 25.5 Å². The van der Waals surface area contributed by atoms with E-state index in [0.29, 0.717) is 18.5 Å². The summed E-state index contributed by atoms with van der Waals surface area (Å²) >= 11 is 0. The van der Waals surface area contributed by atoms with Crippen molar-refractivity contribution in [2.45, 2.75) is 25.0 Å². The number of anilines is 1. The zero-order valence-corrected chi connectivity index (χ0v) is 16.5. The number of nitrogens with one attached hydrogen (secondary N) is 1. The lowest BCUT2D eigenvalue weighted by Gasteiger charge is -2.37. The molecule has 0 aromatic heterocycles. The van der Waals surface area contributed by atoms with Crippen LogP contribution in [-0.4, -0.2) is 60.4 Å². The number of amides is 4. The zero-order valence-electron chi connectivity index (χ0n) is 16.5. The Morgan fingerprint density at radius 1 is 1.07 bits per heavy atom. The minimum Gasteiger partial charge on any atom is -0.378 e. The smallest absolute Gasteiger partial charge is 0.324 e. The zero-order chi connectivity index (χ0) is 20.5. The molecule has 2 aliphatic heterocycles. The van der Waals surface area contributed by atoms with E-state index in [2.05, 4.69) is 5.32 Å². The summed E-state index contributed by atoms with van der Waals surface area (Å²) in [5.74, 6) is -0.509. The number of fused-ring (bicyclic) bond motifs is 1. The molecular weight excluding hydrogens is 368 g/mol. The van der Waals surface area contributed by atoms with Crippen LogP contribution in [0.1, 0.15) is 22.3 Å². The third-order valence-electron chi connectivity index (χ3n) is 5.55. The minimum atomic E-state index is -0.669. The maximum atomic E-state index is 13.2. The molecule has 4 rings (SSSR count). The molecule has 0 saturated carbocycles. The van der Waals surface area contributed by atoms with E-state index in [0.717, 1.165) is 11.3 Å². The third kappa shape index (κ3) is 3.55. The van der Waals surface area contributed by atoms with Crippen LogP contribution in [0.5, 0.6) is 0 Å². The molecule has 2 aliphatic rings. The lowest BCUT2D eigenvalue weighted by molar-refractivity contribution is -0.134. The van der Waals surface area contributed by atoms with E-state index in [1.165, 1.54) is 4.90 Å². The van der Waals surface area contributed by atoms with Crippen molar-refractivity contribution in [1.29, 1.82) is 0 Å². The average molecular weight is 392 g/mol. The number of likely N-dealkylation sites (tertiary alicyclic amines) is 1. The highest BCUT2D eigenvalue weighted by molar-refractivity contribution is 6.04. The molecule has 29 heavy (non-hydrogen) atoms. The fraction of sp³-hybridized carbons (Fsp3) is 0.318. The molecule has 0 radical (unpaired) electrons. The maximum Gasteiger partial charge on any atom is 0.324 e. The van der Waals surface area contributed by atoms with E-state index < -0.39 is 12.1 Å². The van der Waals surface area contributed by atoms with Gasteiger partial charge < -0.3 is 15.1 Å². The van der Waals surface area contributed by atoms with Gasteiger partial charge in [0, 0.05) is 31.9 Å². The van der Waals surface area contributed by atoms with E-state index >= 15 is 0 Å². The summed E-state index contributed by atoms with van der Waals surface area (Å²) in [6, 6.07) is 15.3. The molecule has 4 amide bonds. The van der Waals surface area contributed by atoms with Crippen LogP contribution in [0, 0.1) is 0 Å². The number of rotatable bonds is 4. The summed E-state index contributed by atoms with van der Waals surface area (Å²) in [6.45, 7) is 0.628. The molecule has 7 heteroatoms. The molecular formula is C22H24N4O3. The lowest BCUT2D eigenvalue weighted by Crippen LogP contribution is -2.64. The van der Waals surface area contributed by atoms with Gasteiger partial charge in [0.25, 0.3) is 11.8 Å². The topological polar surface area (TPSA) is 73.0 Å². The maximum absolute atomic E-state index is 13.2. The molecule has 2 atom stereocenters. The van der Waals surface area contributed by atoms with Crippen molar-refractivity contribution < 1.29 is 14.4 Å². The summed E-state index contributed by atoms with van der Waals surface area (Å²) in [5.41, 5.74) is 2.40. The Bertz CT molecular complexity index is 927. The largest absolute Gasteiger partial charge is 0.378 e. The van der Waals surface area contributed by atoms with Gasteiger partial charge in [0.15, 0.2) is 0 Å². The Kier molecular flexibility index (Phi) is 4.96. The van der Waals surface area contributed by atoms with Crippen LogP contribution >= 0.6 is 0 Å². The van der Waals surface area contributed by atoms with Gasteiger partial charge in [-0.25, -0.2) is 4.79 Å². The molecule has 150 valence electrons. The highest BCUT2D eigenvalue weighted by Crippen LogP contribution is 2.27. The summed E-state index contributed by atoms with van der Waals surface area (Å²) in [7, 11) is 3.87. The number of nitrogens with zero attached hydrogens (tertiary/aromatic N) is 3. The molecule has 0 aliphatic carbocycles. The molecule has 1 N–H and O–H groups in total. The van der Waals surface area contributed by atoms with Gasteiger partial charge in [-0.05, 0) is 36.2 Å². The van der Waals surface area contributed by atoms with Crippen molar-refractivity contribution in [1.82, 2.24) is 15.1 Å². The lowest BCUT2D eigenvalue weighted by atomic mass is 10.0. The Morgan fingerprint density at radius 2 is 1.76 bits per heavy atom. The number of urea groups is 1. The Balaban J connectivity index is 1.55. The van der Waals surface area contributed by atoms with E-state index in [1.54, 1.807) is 17.0 Å². The fourth-order valence-corrected chi connectivity index (χ4v) is 3.96. The van der Waals surface area contributed by atoms with Crippen LogP contribution in [0.2, 0.25) is 0 Å². The first-order valence-corrected chi connectivity index (χ1v) is 9.70. The average Bonchev–Trinajstić information content (AvgIpc) is 3.15. The molecule has 2 heterocycles. The summed E-state index contributed by atoms with van der Waals surface area (Å²) in [5, 5.41) is 2.91. The van der Waals surface area contributed by atoms with Crippen LogP contribution in [-0.2, 0) is 11.3 Å². The van der Waals surface area contributed by atoms with Crippen LogP contribution in [0.25, 0.3) is 0 Å². The second-order valence-corrected chi connectivity index (χ2v) is 7.64. The monoisotopic (exact) mass is 392 g/mol. The number of carbonyl (C=O) groups excluding carboxylic acids is 3. The molecule has 7 nitrogen and oxygen atoms in total.